The maximum absolute atomic E-state index is 12.0. The molecule has 0 saturated heterocycles. The van der Waals surface area contributed by atoms with E-state index < -0.39 is 0 Å². The van der Waals surface area contributed by atoms with E-state index in [9.17, 15) is 4.79 Å². The maximum atomic E-state index is 12.0. The topological polar surface area (TPSA) is 26.3 Å². The van der Waals surface area contributed by atoms with E-state index in [-0.39, 0.29) is 17.0 Å². The van der Waals surface area contributed by atoms with Crippen molar-refractivity contribution in [3.63, 3.8) is 0 Å². The van der Waals surface area contributed by atoms with Crippen LogP contribution in [-0.4, -0.2) is 11.6 Å². The second-order valence-electron chi connectivity index (χ2n) is 6.15. The van der Waals surface area contributed by atoms with Crippen LogP contribution in [0.25, 0.3) is 0 Å². The van der Waals surface area contributed by atoms with E-state index in [0.29, 0.717) is 12.0 Å². The number of hydrogen-bond acceptors (Lipinski definition) is 2. The minimum absolute atomic E-state index is 0.00288. The Hall–Kier alpha value is -0.790. The number of carbonyl (C=O) groups excluding carboxylic acids is 1. The molecule has 0 radical (unpaired) electrons. The SMILES string of the molecule is C=C(CC)C(=O)OC1(C(C)(C)C)CCCCC1. The lowest BCUT2D eigenvalue weighted by Crippen LogP contribution is -2.48. The molecule has 0 bridgehead atoms. The highest BCUT2D eigenvalue weighted by atomic mass is 16.6. The Kier molecular flexibility index (Phi) is 4.40. The Morgan fingerprint density at radius 1 is 1.24 bits per heavy atom. The molecule has 1 saturated carbocycles. The molecule has 1 aliphatic rings. The van der Waals surface area contributed by atoms with E-state index in [1.807, 2.05) is 6.92 Å². The molecule has 0 aliphatic heterocycles. The van der Waals surface area contributed by atoms with Gasteiger partial charge in [0.1, 0.15) is 5.60 Å². The summed E-state index contributed by atoms with van der Waals surface area (Å²) < 4.78 is 5.86. The number of rotatable bonds is 3. The van der Waals surface area contributed by atoms with Crippen LogP contribution in [0, 0.1) is 5.41 Å². The van der Waals surface area contributed by atoms with Gasteiger partial charge in [0.2, 0.25) is 0 Å². The van der Waals surface area contributed by atoms with E-state index in [1.165, 1.54) is 6.42 Å². The van der Waals surface area contributed by atoms with Crippen LogP contribution in [-0.2, 0) is 9.53 Å². The Labute approximate surface area is 105 Å². The highest BCUT2D eigenvalue weighted by Gasteiger charge is 2.46. The summed E-state index contributed by atoms with van der Waals surface area (Å²) in [7, 11) is 0. The summed E-state index contributed by atoms with van der Waals surface area (Å²) in [5.74, 6) is -0.204. The lowest BCUT2D eigenvalue weighted by Gasteiger charge is -2.46. The van der Waals surface area contributed by atoms with Crippen molar-refractivity contribution in [2.24, 2.45) is 5.41 Å². The Bertz CT molecular complexity index is 291. The standard InChI is InChI=1S/C15H26O2/c1-6-12(2)13(16)17-15(14(3,4)5)10-8-7-9-11-15/h2,6-11H2,1,3-5H3. The van der Waals surface area contributed by atoms with Gasteiger partial charge < -0.3 is 4.74 Å². The molecule has 1 rings (SSSR count). The van der Waals surface area contributed by atoms with E-state index >= 15 is 0 Å². The van der Waals surface area contributed by atoms with Crippen LogP contribution in [0.3, 0.4) is 0 Å². The van der Waals surface area contributed by atoms with Gasteiger partial charge in [0, 0.05) is 11.0 Å². The molecule has 0 unspecified atom stereocenters. The van der Waals surface area contributed by atoms with Crippen molar-refractivity contribution in [1.29, 1.82) is 0 Å². The zero-order valence-corrected chi connectivity index (χ0v) is 11.8. The van der Waals surface area contributed by atoms with Gasteiger partial charge in [0.05, 0.1) is 0 Å². The molecule has 0 heterocycles. The summed E-state index contributed by atoms with van der Waals surface area (Å²) in [5, 5.41) is 0. The van der Waals surface area contributed by atoms with Gasteiger partial charge in [-0.25, -0.2) is 4.79 Å². The van der Waals surface area contributed by atoms with Gasteiger partial charge in [-0.15, -0.1) is 0 Å². The molecule has 0 aromatic carbocycles. The van der Waals surface area contributed by atoms with Crippen molar-refractivity contribution in [3.05, 3.63) is 12.2 Å². The van der Waals surface area contributed by atoms with Crippen molar-refractivity contribution in [2.75, 3.05) is 0 Å². The summed E-state index contributed by atoms with van der Waals surface area (Å²) in [6, 6.07) is 0. The first-order chi connectivity index (χ1) is 7.82. The predicted octanol–water partition coefficient (Wildman–Crippen LogP) is 4.24. The quantitative estimate of drug-likeness (QED) is 0.543. The second kappa shape index (κ2) is 5.24. The average Bonchev–Trinajstić information content (AvgIpc) is 2.27. The summed E-state index contributed by atoms with van der Waals surface area (Å²) in [4.78, 5) is 12.0. The van der Waals surface area contributed by atoms with Gasteiger partial charge in [-0.1, -0.05) is 40.7 Å². The predicted molar refractivity (Wildman–Crippen MR) is 70.8 cm³/mol. The molecule has 2 nitrogen and oxygen atoms in total. The van der Waals surface area contributed by atoms with Gasteiger partial charge in [-0.05, 0) is 32.1 Å². The fraction of sp³-hybridized carbons (Fsp3) is 0.800. The van der Waals surface area contributed by atoms with E-state index in [0.717, 1.165) is 25.7 Å². The van der Waals surface area contributed by atoms with Crippen LogP contribution >= 0.6 is 0 Å². The van der Waals surface area contributed by atoms with Gasteiger partial charge in [-0.2, -0.15) is 0 Å². The number of ether oxygens (including phenoxy) is 1. The zero-order chi connectivity index (χ0) is 13.1. The van der Waals surface area contributed by atoms with Crippen LogP contribution < -0.4 is 0 Å². The molecule has 1 aliphatic carbocycles. The summed E-state index contributed by atoms with van der Waals surface area (Å²) in [6.45, 7) is 12.2. The lowest BCUT2D eigenvalue weighted by molar-refractivity contribution is -0.175. The highest BCUT2D eigenvalue weighted by molar-refractivity contribution is 5.88. The van der Waals surface area contributed by atoms with Gasteiger partial charge in [0.25, 0.3) is 0 Å². The monoisotopic (exact) mass is 238 g/mol. The molecule has 0 aromatic rings. The fourth-order valence-corrected chi connectivity index (χ4v) is 2.52. The Morgan fingerprint density at radius 3 is 2.18 bits per heavy atom. The van der Waals surface area contributed by atoms with Gasteiger partial charge in [0.15, 0.2) is 0 Å². The number of hydrogen-bond donors (Lipinski definition) is 0. The largest absolute Gasteiger partial charge is 0.455 e. The maximum Gasteiger partial charge on any atom is 0.333 e. The minimum atomic E-state index is -0.291. The van der Waals surface area contributed by atoms with Gasteiger partial charge in [-0.3, -0.25) is 0 Å². The summed E-state index contributed by atoms with van der Waals surface area (Å²) in [6.07, 6.45) is 6.20. The number of esters is 1. The molecule has 0 N–H and O–H groups in total. The second-order valence-corrected chi connectivity index (χ2v) is 6.15. The minimum Gasteiger partial charge on any atom is -0.455 e. The molecule has 17 heavy (non-hydrogen) atoms. The third-order valence-corrected chi connectivity index (χ3v) is 4.03. The normalized spacial score (nSPS) is 19.8. The smallest absolute Gasteiger partial charge is 0.333 e. The molecule has 0 aromatic heterocycles. The first-order valence-electron chi connectivity index (χ1n) is 6.73. The first kappa shape index (κ1) is 14.3. The average molecular weight is 238 g/mol. The van der Waals surface area contributed by atoms with Crippen molar-refractivity contribution in [3.8, 4) is 0 Å². The van der Waals surface area contributed by atoms with E-state index in [1.54, 1.807) is 0 Å². The molecular weight excluding hydrogens is 212 g/mol. The Morgan fingerprint density at radius 2 is 1.76 bits per heavy atom. The lowest BCUT2D eigenvalue weighted by atomic mass is 9.68. The van der Waals surface area contributed by atoms with Crippen molar-refractivity contribution >= 4 is 5.97 Å². The van der Waals surface area contributed by atoms with E-state index in [4.69, 9.17) is 4.74 Å². The van der Waals surface area contributed by atoms with Crippen LogP contribution in [0.1, 0.15) is 66.2 Å². The van der Waals surface area contributed by atoms with Crippen molar-refractivity contribution in [2.45, 2.75) is 71.8 Å². The molecule has 98 valence electrons. The van der Waals surface area contributed by atoms with Crippen LogP contribution in [0.2, 0.25) is 0 Å². The molecule has 0 amide bonds. The fourth-order valence-electron chi connectivity index (χ4n) is 2.52. The first-order valence-corrected chi connectivity index (χ1v) is 6.73. The van der Waals surface area contributed by atoms with E-state index in [2.05, 4.69) is 27.4 Å². The Balaban J connectivity index is 2.85. The zero-order valence-electron chi connectivity index (χ0n) is 11.8. The van der Waals surface area contributed by atoms with Crippen LogP contribution in [0.5, 0.6) is 0 Å². The summed E-state index contributed by atoms with van der Waals surface area (Å²) in [5.41, 5.74) is 0.288. The van der Waals surface area contributed by atoms with Gasteiger partial charge >= 0.3 is 5.97 Å². The number of carbonyl (C=O) groups is 1. The molecule has 2 heteroatoms. The molecule has 0 spiro atoms. The third-order valence-electron chi connectivity index (χ3n) is 4.03. The molecular formula is C15H26O2. The van der Waals surface area contributed by atoms with Crippen molar-refractivity contribution in [1.82, 2.24) is 0 Å². The third kappa shape index (κ3) is 3.11. The molecule has 0 atom stereocenters. The summed E-state index contributed by atoms with van der Waals surface area (Å²) >= 11 is 0. The molecule has 1 fully saturated rings. The van der Waals surface area contributed by atoms with Crippen LogP contribution in [0.15, 0.2) is 12.2 Å². The van der Waals surface area contributed by atoms with Crippen LogP contribution in [0.4, 0.5) is 0 Å². The van der Waals surface area contributed by atoms with Crippen molar-refractivity contribution < 1.29 is 9.53 Å². The highest BCUT2D eigenvalue weighted by Crippen LogP contribution is 2.45.